The molecule has 2 aromatic rings. The number of allylic oxidation sites excluding steroid dienone is 1. The van der Waals surface area contributed by atoms with Crippen molar-refractivity contribution in [2.45, 2.75) is 26.7 Å². The van der Waals surface area contributed by atoms with Gasteiger partial charge in [-0.25, -0.2) is 0 Å². The number of nitrogens with zero attached hydrogens (tertiary/aromatic N) is 2. The van der Waals surface area contributed by atoms with Gasteiger partial charge in [0.05, 0.1) is 30.6 Å². The Balaban J connectivity index is 1.52. The van der Waals surface area contributed by atoms with Gasteiger partial charge >= 0.3 is 0 Å². The fourth-order valence-corrected chi connectivity index (χ4v) is 4.28. The summed E-state index contributed by atoms with van der Waals surface area (Å²) < 4.78 is 5.23. The summed E-state index contributed by atoms with van der Waals surface area (Å²) in [6.45, 7) is 8.27. The minimum atomic E-state index is -0.0107. The van der Waals surface area contributed by atoms with E-state index in [1.54, 1.807) is 0 Å². The van der Waals surface area contributed by atoms with Gasteiger partial charge in [0.15, 0.2) is 0 Å². The molecule has 3 N–H and O–H groups in total. The lowest BCUT2D eigenvalue weighted by Gasteiger charge is -2.40. The highest BCUT2D eigenvalue weighted by Gasteiger charge is 2.33. The van der Waals surface area contributed by atoms with Crippen molar-refractivity contribution in [2.24, 2.45) is 11.7 Å². The van der Waals surface area contributed by atoms with Crippen LogP contribution in [0.25, 0.3) is 0 Å². The highest BCUT2D eigenvalue weighted by atomic mass is 16.5. The Kier molecular flexibility index (Phi) is 5.86. The minimum absolute atomic E-state index is 0.0107. The molecule has 0 aliphatic carbocycles. The number of carbonyl (C=O) groups is 1. The quantitative estimate of drug-likeness (QED) is 0.709. The monoisotopic (exact) mass is 428 g/mol. The van der Waals surface area contributed by atoms with Crippen LogP contribution in [0.5, 0.6) is 0 Å². The molecule has 2 aliphatic heterocycles. The zero-order valence-corrected chi connectivity index (χ0v) is 18.7. The number of rotatable bonds is 5. The first-order valence-electron chi connectivity index (χ1n) is 10.8. The molecule has 0 unspecified atom stereocenters. The number of nitrogens with one attached hydrogen (secondary N) is 1. The van der Waals surface area contributed by atoms with Crippen LogP contribution in [0, 0.1) is 36.5 Å². The summed E-state index contributed by atoms with van der Waals surface area (Å²) in [6.07, 6.45) is 0. The molecule has 6 nitrogen and oxygen atoms in total. The first-order valence-corrected chi connectivity index (χ1v) is 10.8. The number of nitriles is 1. The predicted molar refractivity (Wildman–Crippen MR) is 124 cm³/mol. The zero-order valence-electron chi connectivity index (χ0n) is 18.7. The molecule has 6 heteroatoms. The molecule has 0 spiro atoms. The van der Waals surface area contributed by atoms with E-state index < -0.39 is 0 Å². The Hall–Kier alpha value is -3.43. The van der Waals surface area contributed by atoms with Crippen molar-refractivity contribution in [3.63, 3.8) is 0 Å². The number of carbonyl (C=O) groups excluding carboxylic acids is 1. The van der Waals surface area contributed by atoms with E-state index in [1.165, 1.54) is 0 Å². The second-order valence-corrected chi connectivity index (χ2v) is 8.81. The van der Waals surface area contributed by atoms with Crippen LogP contribution >= 0.6 is 0 Å². The second kappa shape index (κ2) is 8.60. The molecule has 164 valence electrons. The maximum atomic E-state index is 13.2. The van der Waals surface area contributed by atoms with Crippen LogP contribution in [0.3, 0.4) is 0 Å². The Labute approximate surface area is 188 Å². The van der Waals surface area contributed by atoms with Crippen molar-refractivity contribution in [3.05, 3.63) is 81.0 Å². The lowest BCUT2D eigenvalue weighted by atomic mass is 9.88. The third-order valence-electron chi connectivity index (χ3n) is 6.64. The maximum Gasteiger partial charge on any atom is 0.254 e. The molecule has 32 heavy (non-hydrogen) atoms. The molecule has 0 atom stereocenters. The zero-order chi connectivity index (χ0) is 23.0. The lowest BCUT2D eigenvalue weighted by Crippen LogP contribution is -2.48. The summed E-state index contributed by atoms with van der Waals surface area (Å²) in [5.74, 6) is 0.441. The van der Waals surface area contributed by atoms with Crippen LogP contribution < -0.4 is 5.73 Å². The molecule has 2 saturated heterocycles. The molecule has 1 amide bonds. The van der Waals surface area contributed by atoms with Gasteiger partial charge in [0.25, 0.3) is 5.91 Å². The van der Waals surface area contributed by atoms with Crippen molar-refractivity contribution < 1.29 is 9.53 Å². The molecule has 2 fully saturated rings. The van der Waals surface area contributed by atoms with Crippen LogP contribution in [0.4, 0.5) is 0 Å². The molecule has 0 saturated carbocycles. The summed E-state index contributed by atoms with van der Waals surface area (Å²) in [6, 6.07) is 13.5. The van der Waals surface area contributed by atoms with E-state index in [4.69, 9.17) is 21.1 Å². The number of benzene rings is 2. The molecule has 4 rings (SSSR count). The van der Waals surface area contributed by atoms with E-state index in [-0.39, 0.29) is 17.7 Å². The van der Waals surface area contributed by atoms with Gasteiger partial charge in [-0.15, -0.1) is 0 Å². The molecule has 2 aliphatic rings. The van der Waals surface area contributed by atoms with Gasteiger partial charge in [-0.3, -0.25) is 10.2 Å². The first kappa shape index (κ1) is 21.8. The Morgan fingerprint density at radius 1 is 1.12 bits per heavy atom. The van der Waals surface area contributed by atoms with Crippen molar-refractivity contribution in [2.75, 3.05) is 26.3 Å². The molecule has 0 bridgehead atoms. The van der Waals surface area contributed by atoms with Crippen LogP contribution in [0.1, 0.15) is 51.0 Å². The third kappa shape index (κ3) is 3.92. The fourth-order valence-electron chi connectivity index (χ4n) is 4.28. The van der Waals surface area contributed by atoms with Crippen LogP contribution in [0.15, 0.2) is 47.7 Å². The van der Waals surface area contributed by atoms with Crippen LogP contribution in [-0.2, 0) is 4.74 Å². The topological polar surface area (TPSA) is 103 Å². The van der Waals surface area contributed by atoms with Crippen LogP contribution in [0.2, 0.25) is 0 Å². The highest BCUT2D eigenvalue weighted by Crippen LogP contribution is 2.30. The van der Waals surface area contributed by atoms with Crippen molar-refractivity contribution >= 4 is 11.6 Å². The lowest BCUT2D eigenvalue weighted by molar-refractivity contribution is -0.0141. The molecule has 0 radical (unpaired) electrons. The average molecular weight is 429 g/mol. The number of hydrogen-bond acceptors (Lipinski definition) is 5. The second-order valence-electron chi connectivity index (χ2n) is 8.81. The summed E-state index contributed by atoms with van der Waals surface area (Å²) in [5, 5.41) is 17.7. The van der Waals surface area contributed by atoms with Gasteiger partial charge in [-0.1, -0.05) is 18.2 Å². The van der Waals surface area contributed by atoms with E-state index in [0.717, 1.165) is 27.8 Å². The smallest absolute Gasteiger partial charge is 0.254 e. The van der Waals surface area contributed by atoms with Gasteiger partial charge in [0.1, 0.15) is 0 Å². The van der Waals surface area contributed by atoms with Gasteiger partial charge < -0.3 is 15.4 Å². The number of ether oxygens (including phenoxy) is 1. The molecule has 0 aromatic heterocycles. The van der Waals surface area contributed by atoms with E-state index >= 15 is 0 Å². The van der Waals surface area contributed by atoms with Crippen molar-refractivity contribution in [1.29, 1.82) is 10.7 Å². The standard InChI is InChI=1S/C26H28N4O2/c1-15-8-16(2)23(9-22(15)25(29)17(3)24(28)21-13-32-14-21)26(31)30-11-20(12-30)19-6-4-18(10-27)5-7-19/h4-9,20-21,29H,11-14,28H2,1-3H3/b24-17-,29-25?. The highest BCUT2D eigenvalue weighted by molar-refractivity contribution is 6.12. The van der Waals surface area contributed by atoms with Crippen LogP contribution in [-0.4, -0.2) is 42.8 Å². The van der Waals surface area contributed by atoms with E-state index in [0.29, 0.717) is 48.8 Å². The van der Waals surface area contributed by atoms with Gasteiger partial charge in [0.2, 0.25) is 0 Å². The maximum absolute atomic E-state index is 13.2. The normalized spacial score (nSPS) is 17.1. The van der Waals surface area contributed by atoms with E-state index in [9.17, 15) is 4.79 Å². The summed E-state index contributed by atoms with van der Waals surface area (Å²) >= 11 is 0. The SMILES string of the molecule is C/C(C(=N)c1cc(C(=O)N2CC(c3ccc(C#N)cc3)C2)c(C)cc1C)=C(/N)C1COC1. The number of hydrogen-bond donors (Lipinski definition) is 2. The number of aryl methyl sites for hydroxylation is 2. The summed E-state index contributed by atoms with van der Waals surface area (Å²) in [4.78, 5) is 15.1. The van der Waals surface area contributed by atoms with E-state index in [1.807, 2.05) is 62.1 Å². The number of likely N-dealkylation sites (tertiary alicyclic amines) is 1. The minimum Gasteiger partial charge on any atom is -0.401 e. The predicted octanol–water partition coefficient (Wildman–Crippen LogP) is 3.66. The van der Waals surface area contributed by atoms with Gasteiger partial charge in [0, 0.05) is 41.7 Å². The number of nitrogens with two attached hydrogens (primary N) is 1. The number of amides is 1. The summed E-state index contributed by atoms with van der Waals surface area (Å²) in [7, 11) is 0. The van der Waals surface area contributed by atoms with Crippen molar-refractivity contribution in [1.82, 2.24) is 4.90 Å². The summed E-state index contributed by atoms with van der Waals surface area (Å²) in [5.41, 5.74) is 13.1. The third-order valence-corrected chi connectivity index (χ3v) is 6.64. The fraction of sp³-hybridized carbons (Fsp3) is 0.346. The largest absolute Gasteiger partial charge is 0.401 e. The Bertz CT molecular complexity index is 1150. The average Bonchev–Trinajstić information content (AvgIpc) is 2.70. The molecule has 2 heterocycles. The Morgan fingerprint density at radius 2 is 1.75 bits per heavy atom. The van der Waals surface area contributed by atoms with Gasteiger partial charge in [-0.05, 0) is 61.2 Å². The molecular weight excluding hydrogens is 400 g/mol. The molecule has 2 aromatic carbocycles. The van der Waals surface area contributed by atoms with Gasteiger partial charge in [-0.2, -0.15) is 5.26 Å². The van der Waals surface area contributed by atoms with E-state index in [2.05, 4.69) is 6.07 Å². The Morgan fingerprint density at radius 3 is 2.31 bits per heavy atom. The molecular formula is C26H28N4O2. The van der Waals surface area contributed by atoms with Crippen molar-refractivity contribution in [3.8, 4) is 6.07 Å². The first-order chi connectivity index (χ1) is 15.3.